The van der Waals surface area contributed by atoms with Crippen molar-refractivity contribution < 1.29 is 19.3 Å². The van der Waals surface area contributed by atoms with Gasteiger partial charge >= 0.3 is 0 Å². The summed E-state index contributed by atoms with van der Waals surface area (Å²) in [4.78, 5) is 2.80. The summed E-state index contributed by atoms with van der Waals surface area (Å²) in [5, 5.41) is 13.1. The summed E-state index contributed by atoms with van der Waals surface area (Å²) in [6, 6.07) is 23.8. The zero-order chi connectivity index (χ0) is 28.0. The van der Waals surface area contributed by atoms with Crippen molar-refractivity contribution in [3.05, 3.63) is 117 Å². The van der Waals surface area contributed by atoms with Gasteiger partial charge in [0.15, 0.2) is 0 Å². The standard InChI is InChI=1S/C9H9N3O.C9H11NO.C9H10O2.C3H9P/c10-12-11-9-6-13-5-7-3-1-2-4-8(7)9;2*10-9-6-11-5-7-3-1-2-4-8(7)9;1-4(2)3/h1-4,9H,5-6H2;1-4,9H,5-6,10H2;1-4,9-10H,5-6H2;1-3H3. The summed E-state index contributed by atoms with van der Waals surface area (Å²) in [5.74, 6) is 0. The van der Waals surface area contributed by atoms with Crippen molar-refractivity contribution in [3.63, 3.8) is 0 Å². The number of ether oxygens (including phenoxy) is 3. The largest absolute Gasteiger partial charge is 0.386 e. The topological polar surface area (TPSA) is 123 Å². The smallest absolute Gasteiger partial charge is 0.103 e. The van der Waals surface area contributed by atoms with Gasteiger partial charge in [-0.2, -0.15) is 0 Å². The van der Waals surface area contributed by atoms with E-state index in [0.717, 1.165) is 22.3 Å². The molecule has 0 spiro atoms. The van der Waals surface area contributed by atoms with E-state index in [9.17, 15) is 5.11 Å². The summed E-state index contributed by atoms with van der Waals surface area (Å²) in [7, 11) is 0.380. The minimum Gasteiger partial charge on any atom is -0.386 e. The highest BCUT2D eigenvalue weighted by atomic mass is 31.1. The van der Waals surface area contributed by atoms with Gasteiger partial charge in [0.2, 0.25) is 0 Å². The lowest BCUT2D eigenvalue weighted by molar-refractivity contribution is 0.00981. The Bertz CT molecular complexity index is 1160. The minimum absolute atomic E-state index is 0.0694. The second-order valence-electron chi connectivity index (χ2n) is 9.83. The second kappa shape index (κ2) is 16.3. The first-order valence-electron chi connectivity index (χ1n) is 13.0. The number of hydrogen-bond acceptors (Lipinski definition) is 6. The fraction of sp³-hybridized carbons (Fsp3) is 0.400. The van der Waals surface area contributed by atoms with Gasteiger partial charge in [-0.1, -0.05) is 77.9 Å². The Kier molecular flexibility index (Phi) is 12.9. The maximum Gasteiger partial charge on any atom is 0.103 e. The average molecular weight is 551 g/mol. The van der Waals surface area contributed by atoms with Gasteiger partial charge in [-0.3, -0.25) is 0 Å². The van der Waals surface area contributed by atoms with Gasteiger partial charge in [0, 0.05) is 4.91 Å². The molecule has 208 valence electrons. The first-order valence-corrected chi connectivity index (χ1v) is 15.6. The quantitative estimate of drug-likeness (QED) is 0.157. The zero-order valence-corrected chi connectivity index (χ0v) is 23.8. The highest BCUT2D eigenvalue weighted by molar-refractivity contribution is 7.55. The average Bonchev–Trinajstić information content (AvgIpc) is 2.95. The fourth-order valence-electron chi connectivity index (χ4n) is 4.29. The molecule has 8 nitrogen and oxygen atoms in total. The lowest BCUT2D eigenvalue weighted by Crippen LogP contribution is -2.23. The van der Waals surface area contributed by atoms with Crippen molar-refractivity contribution >= 4 is 7.92 Å². The molecule has 3 atom stereocenters. The van der Waals surface area contributed by atoms with Crippen LogP contribution in [0.25, 0.3) is 10.4 Å². The summed E-state index contributed by atoms with van der Waals surface area (Å²) in [6.45, 7) is 10.2. The van der Waals surface area contributed by atoms with Crippen molar-refractivity contribution in [2.45, 2.75) is 38.0 Å². The molecule has 0 radical (unpaired) electrons. The van der Waals surface area contributed by atoms with Crippen molar-refractivity contribution in [2.75, 3.05) is 39.8 Å². The van der Waals surface area contributed by atoms with Crippen LogP contribution in [0.5, 0.6) is 0 Å². The Morgan fingerprint density at radius 2 is 1.18 bits per heavy atom. The van der Waals surface area contributed by atoms with E-state index >= 15 is 0 Å². The maximum absolute atomic E-state index is 9.44. The third kappa shape index (κ3) is 9.71. The van der Waals surface area contributed by atoms with Crippen LogP contribution in [0.1, 0.15) is 51.6 Å². The molecule has 0 saturated carbocycles. The lowest BCUT2D eigenvalue weighted by atomic mass is 10.00. The number of aliphatic hydroxyl groups excluding tert-OH is 1. The molecule has 3 heterocycles. The fourth-order valence-corrected chi connectivity index (χ4v) is 4.29. The number of hydrogen-bond donors (Lipinski definition) is 2. The van der Waals surface area contributed by atoms with Crippen LogP contribution in [0.3, 0.4) is 0 Å². The summed E-state index contributed by atoms with van der Waals surface area (Å²) in [6.07, 6.45) is -0.431. The SMILES string of the molecule is CP(C)C.NC1COCc2ccccc21.OC1COCc2ccccc21.[N-]=[N+]=NC1COCc2ccccc21. The minimum atomic E-state index is -0.431. The third-order valence-corrected chi connectivity index (χ3v) is 6.10. The molecule has 0 fully saturated rings. The number of aliphatic hydroxyl groups is 1. The molecule has 39 heavy (non-hydrogen) atoms. The number of fused-ring (bicyclic) bond motifs is 3. The second-order valence-corrected chi connectivity index (χ2v) is 12.5. The number of nitrogens with zero attached hydrogens (tertiary/aromatic N) is 3. The monoisotopic (exact) mass is 550 g/mol. The molecule has 0 amide bonds. The molecule has 3 N–H and O–H groups in total. The zero-order valence-electron chi connectivity index (χ0n) is 22.9. The van der Waals surface area contributed by atoms with E-state index in [2.05, 4.69) is 42.2 Å². The highest BCUT2D eigenvalue weighted by Crippen LogP contribution is 2.27. The Morgan fingerprint density at radius 3 is 1.72 bits per heavy atom. The van der Waals surface area contributed by atoms with Crippen LogP contribution < -0.4 is 5.73 Å². The Hall–Kier alpha value is -2.80. The van der Waals surface area contributed by atoms with E-state index in [1.54, 1.807) is 0 Å². The molecular formula is C30H39N4O4P. The van der Waals surface area contributed by atoms with Gasteiger partial charge < -0.3 is 25.1 Å². The molecule has 0 bridgehead atoms. The van der Waals surface area contributed by atoms with Crippen LogP contribution in [0.4, 0.5) is 0 Å². The van der Waals surface area contributed by atoms with Gasteiger partial charge in [0.25, 0.3) is 0 Å². The summed E-state index contributed by atoms with van der Waals surface area (Å²) < 4.78 is 15.7. The van der Waals surface area contributed by atoms with E-state index < -0.39 is 6.10 Å². The molecule has 0 saturated heterocycles. The number of azide groups is 1. The number of benzene rings is 3. The molecular weight excluding hydrogens is 511 g/mol. The number of rotatable bonds is 1. The van der Waals surface area contributed by atoms with Crippen LogP contribution in [-0.2, 0) is 34.0 Å². The summed E-state index contributed by atoms with van der Waals surface area (Å²) in [5.41, 5.74) is 21.0. The van der Waals surface area contributed by atoms with E-state index in [4.69, 9.17) is 25.5 Å². The van der Waals surface area contributed by atoms with Crippen LogP contribution in [-0.4, -0.2) is 44.9 Å². The van der Waals surface area contributed by atoms with Crippen LogP contribution in [0.15, 0.2) is 77.9 Å². The Balaban J connectivity index is 0.000000152. The molecule has 9 heteroatoms. The lowest BCUT2D eigenvalue weighted by Gasteiger charge is -2.21. The van der Waals surface area contributed by atoms with E-state index in [1.807, 2.05) is 60.7 Å². The molecule has 3 aliphatic rings. The normalized spacial score (nSPS) is 20.5. The Morgan fingerprint density at radius 1 is 0.744 bits per heavy atom. The molecule has 6 rings (SSSR count). The molecule has 3 aromatic rings. The predicted octanol–water partition coefficient (Wildman–Crippen LogP) is 6.39. The van der Waals surface area contributed by atoms with Crippen LogP contribution in [0.2, 0.25) is 0 Å². The maximum atomic E-state index is 9.44. The van der Waals surface area contributed by atoms with E-state index in [0.29, 0.717) is 47.6 Å². The third-order valence-electron chi connectivity index (χ3n) is 6.10. The van der Waals surface area contributed by atoms with E-state index in [1.165, 1.54) is 11.1 Å². The predicted molar refractivity (Wildman–Crippen MR) is 157 cm³/mol. The molecule has 0 aliphatic carbocycles. The van der Waals surface area contributed by atoms with E-state index in [-0.39, 0.29) is 12.1 Å². The van der Waals surface area contributed by atoms with Crippen LogP contribution >= 0.6 is 7.92 Å². The Labute approximate surface area is 232 Å². The first-order chi connectivity index (χ1) is 18.9. The van der Waals surface area contributed by atoms with Crippen LogP contribution in [0, 0.1) is 0 Å². The molecule has 0 aromatic heterocycles. The molecule has 3 aromatic carbocycles. The number of nitrogens with two attached hydrogens (primary N) is 1. The van der Waals surface area contributed by atoms with Gasteiger partial charge in [-0.15, -0.1) is 7.92 Å². The van der Waals surface area contributed by atoms with Crippen molar-refractivity contribution in [1.82, 2.24) is 0 Å². The van der Waals surface area contributed by atoms with Crippen molar-refractivity contribution in [2.24, 2.45) is 10.8 Å². The highest BCUT2D eigenvalue weighted by Gasteiger charge is 2.19. The van der Waals surface area contributed by atoms with Crippen molar-refractivity contribution in [3.8, 4) is 0 Å². The van der Waals surface area contributed by atoms with Gasteiger partial charge in [-0.25, -0.2) is 0 Å². The molecule has 3 unspecified atom stereocenters. The van der Waals surface area contributed by atoms with Crippen molar-refractivity contribution in [1.29, 1.82) is 0 Å². The molecule has 3 aliphatic heterocycles. The van der Waals surface area contributed by atoms with Gasteiger partial charge in [0.05, 0.1) is 51.7 Å². The van der Waals surface area contributed by atoms with Gasteiger partial charge in [0.1, 0.15) is 6.10 Å². The summed E-state index contributed by atoms with van der Waals surface area (Å²) >= 11 is 0. The first kappa shape index (κ1) is 30.7. The van der Waals surface area contributed by atoms with Gasteiger partial charge in [-0.05, 0) is 58.9 Å².